The first-order valence-corrected chi connectivity index (χ1v) is 27.4. The van der Waals surface area contributed by atoms with E-state index in [9.17, 15) is 0 Å². The summed E-state index contributed by atoms with van der Waals surface area (Å²) in [5.41, 5.74) is 24.6. The minimum atomic E-state index is -0.715. The van der Waals surface area contributed by atoms with Crippen molar-refractivity contribution in [3.05, 3.63) is 288 Å². The normalized spacial score (nSPS) is 13.1. The first-order valence-electron chi connectivity index (χ1n) is 27.4. The maximum absolute atomic E-state index is 7.40. The van der Waals surface area contributed by atoms with Crippen molar-refractivity contribution in [2.45, 2.75) is 57.8 Å². The first-order chi connectivity index (χ1) is 37.9. The Kier molecular flexibility index (Phi) is 10.9. The first kappa shape index (κ1) is 47.3. The van der Waals surface area contributed by atoms with Gasteiger partial charge in [-0.05, 0) is 156 Å². The Morgan fingerprint density at radius 3 is 1.27 bits per heavy atom. The van der Waals surface area contributed by atoms with Gasteiger partial charge in [0.1, 0.15) is 11.2 Å². The van der Waals surface area contributed by atoms with E-state index in [1.54, 1.807) is 0 Å². The van der Waals surface area contributed by atoms with Gasteiger partial charge in [0.15, 0.2) is 0 Å². The molecule has 1 heterocycles. The lowest BCUT2D eigenvalue weighted by Gasteiger charge is -2.33. The summed E-state index contributed by atoms with van der Waals surface area (Å²) in [6.07, 6.45) is 0. The number of rotatable bonds is 8. The summed E-state index contributed by atoms with van der Waals surface area (Å²) in [6.45, 7) is 13.7. The molecule has 0 fully saturated rings. The average molecular weight is 1010 g/mol. The molecule has 2 aliphatic carbocycles. The molecule has 14 rings (SSSR count). The van der Waals surface area contributed by atoms with Crippen molar-refractivity contribution >= 4 is 56.1 Å². The fourth-order valence-electron chi connectivity index (χ4n) is 12.7. The van der Waals surface area contributed by atoms with Crippen molar-refractivity contribution < 1.29 is 4.42 Å². The monoisotopic (exact) mass is 1000 g/mol. The lowest BCUT2D eigenvalue weighted by atomic mass is 9.70. The van der Waals surface area contributed by atoms with E-state index in [-0.39, 0.29) is 10.8 Å². The highest BCUT2D eigenvalue weighted by molar-refractivity contribution is 6.20. The van der Waals surface area contributed by atoms with E-state index in [0.29, 0.717) is 0 Å². The average Bonchev–Trinajstić information content (AvgIpc) is 4.26. The molecule has 0 unspecified atom stereocenters. The largest absolute Gasteiger partial charge is 0.455 e. The highest BCUT2D eigenvalue weighted by atomic mass is 16.3. The Bertz CT molecular complexity index is 4190. The number of nitrogens with zero attached hydrogens (tertiary/aromatic N) is 2. The van der Waals surface area contributed by atoms with E-state index in [1.165, 1.54) is 72.3 Å². The van der Waals surface area contributed by atoms with Crippen LogP contribution in [0.3, 0.4) is 0 Å². The number of anilines is 6. The van der Waals surface area contributed by atoms with Crippen LogP contribution in [0.25, 0.3) is 66.4 Å². The number of para-hydroxylation sites is 1. The highest BCUT2D eigenvalue weighted by Gasteiger charge is 2.53. The summed E-state index contributed by atoms with van der Waals surface area (Å²) >= 11 is 0. The van der Waals surface area contributed by atoms with Crippen LogP contribution >= 0.6 is 0 Å². The Labute approximate surface area is 458 Å². The molecule has 0 saturated carbocycles. The van der Waals surface area contributed by atoms with Gasteiger partial charge in [0.25, 0.3) is 0 Å². The van der Waals surface area contributed by atoms with Gasteiger partial charge in [0.05, 0.1) is 16.5 Å². The van der Waals surface area contributed by atoms with Gasteiger partial charge in [-0.25, -0.2) is 0 Å². The van der Waals surface area contributed by atoms with Crippen LogP contribution in [0, 0.1) is 0 Å². The van der Waals surface area contributed by atoms with Crippen LogP contribution in [-0.4, -0.2) is 0 Å². The predicted molar refractivity (Wildman–Crippen MR) is 328 cm³/mol. The molecule has 1 spiro atoms. The van der Waals surface area contributed by atoms with E-state index in [4.69, 9.17) is 4.42 Å². The summed E-state index contributed by atoms with van der Waals surface area (Å²) in [6, 6.07) is 94.5. The second kappa shape index (κ2) is 18.0. The molecule has 0 N–H and O–H groups in total. The third kappa shape index (κ3) is 7.47. The smallest absolute Gasteiger partial charge is 0.145 e. The van der Waals surface area contributed by atoms with Crippen molar-refractivity contribution in [1.82, 2.24) is 0 Å². The zero-order valence-corrected chi connectivity index (χ0v) is 45.1. The van der Waals surface area contributed by atoms with E-state index in [2.05, 4.69) is 306 Å². The summed E-state index contributed by atoms with van der Waals surface area (Å²) in [5, 5.41) is 2.17. The summed E-state index contributed by atoms with van der Waals surface area (Å²) in [5.74, 6) is 0. The molecular formula is C75H60N2O. The van der Waals surface area contributed by atoms with Gasteiger partial charge >= 0.3 is 0 Å². The molecule has 12 aromatic rings. The maximum atomic E-state index is 7.40. The number of furan rings is 1. The summed E-state index contributed by atoms with van der Waals surface area (Å²) in [4.78, 5) is 4.91. The van der Waals surface area contributed by atoms with Crippen LogP contribution in [0.2, 0.25) is 0 Å². The second-order valence-electron chi connectivity index (χ2n) is 23.3. The molecule has 376 valence electrons. The van der Waals surface area contributed by atoms with Gasteiger partial charge in [0, 0.05) is 39.4 Å². The zero-order valence-electron chi connectivity index (χ0n) is 45.1. The number of benzene rings is 11. The Balaban J connectivity index is 1.06. The van der Waals surface area contributed by atoms with E-state index in [0.717, 1.165) is 61.6 Å². The lowest BCUT2D eigenvalue weighted by molar-refractivity contribution is 0.590. The SMILES string of the molecule is CC(C)(C)c1ccc(N(c2ccc(-c3ccccc3)cc2)c2ccc3c(c2)C2(c4ccccc4-c4ccccc42)c2cc(N(c4ccc(-c5ccccc5)cc4)c4ccc(C(C)(C)C)cc4)c4c(oc5ccccc54)c2-3)cc1. The molecule has 2 aliphatic rings. The topological polar surface area (TPSA) is 19.6 Å². The van der Waals surface area contributed by atoms with E-state index < -0.39 is 5.41 Å². The van der Waals surface area contributed by atoms with Gasteiger partial charge in [0.2, 0.25) is 0 Å². The van der Waals surface area contributed by atoms with Crippen molar-refractivity contribution in [2.24, 2.45) is 0 Å². The minimum Gasteiger partial charge on any atom is -0.455 e. The molecule has 11 aromatic carbocycles. The molecule has 3 heteroatoms. The quantitative estimate of drug-likeness (QED) is 0.151. The van der Waals surface area contributed by atoms with Crippen LogP contribution in [0.5, 0.6) is 0 Å². The Morgan fingerprint density at radius 1 is 0.333 bits per heavy atom. The van der Waals surface area contributed by atoms with Crippen LogP contribution in [-0.2, 0) is 16.2 Å². The fraction of sp³-hybridized carbons (Fsp3) is 0.120. The van der Waals surface area contributed by atoms with Gasteiger partial charge < -0.3 is 14.2 Å². The fourth-order valence-corrected chi connectivity index (χ4v) is 12.7. The molecule has 0 bridgehead atoms. The van der Waals surface area contributed by atoms with Crippen LogP contribution < -0.4 is 9.80 Å². The van der Waals surface area contributed by atoms with Gasteiger partial charge in [-0.15, -0.1) is 0 Å². The number of fused-ring (bicyclic) bond motifs is 14. The van der Waals surface area contributed by atoms with Crippen LogP contribution in [0.15, 0.2) is 259 Å². The minimum absolute atomic E-state index is 0.00753. The number of hydrogen-bond acceptors (Lipinski definition) is 3. The zero-order chi connectivity index (χ0) is 52.9. The van der Waals surface area contributed by atoms with Crippen molar-refractivity contribution in [1.29, 1.82) is 0 Å². The molecule has 3 nitrogen and oxygen atoms in total. The predicted octanol–water partition coefficient (Wildman–Crippen LogP) is 20.8. The molecule has 0 amide bonds. The van der Waals surface area contributed by atoms with Gasteiger partial charge in [-0.1, -0.05) is 224 Å². The third-order valence-electron chi connectivity index (χ3n) is 16.6. The van der Waals surface area contributed by atoms with Crippen LogP contribution in [0.1, 0.15) is 74.9 Å². The van der Waals surface area contributed by atoms with Crippen LogP contribution in [0.4, 0.5) is 34.1 Å². The molecular weight excluding hydrogens is 945 g/mol. The van der Waals surface area contributed by atoms with Gasteiger partial charge in [-0.3, -0.25) is 0 Å². The Hall–Kier alpha value is -9.18. The number of hydrogen-bond donors (Lipinski definition) is 0. The van der Waals surface area contributed by atoms with Crippen molar-refractivity contribution in [2.75, 3.05) is 9.80 Å². The molecule has 0 radical (unpaired) electrons. The molecule has 78 heavy (non-hydrogen) atoms. The summed E-state index contributed by atoms with van der Waals surface area (Å²) in [7, 11) is 0. The highest BCUT2D eigenvalue weighted by Crippen LogP contribution is 2.66. The maximum Gasteiger partial charge on any atom is 0.145 e. The molecule has 1 aromatic heterocycles. The third-order valence-corrected chi connectivity index (χ3v) is 16.6. The molecule has 0 aliphatic heterocycles. The van der Waals surface area contributed by atoms with E-state index in [1.807, 2.05) is 0 Å². The standard InChI is InChI=1S/C75H60N2O/c1-73(2,3)53-33-41-56(42-34-53)76(55-37-29-51(30-38-55)49-19-9-7-10-20-49)59-45-46-62-66(47-59)75(64-26-16-13-23-60(64)61-24-14-17-27-65(61)75)67-48-68(71-63-25-15-18-28-69(63)78-72(71)70(62)67)77(58-43-35-54(36-44-58)74(4,5)6)57-39-31-52(32-40-57)50-21-11-8-12-22-50/h7-48H,1-6H3. The lowest BCUT2D eigenvalue weighted by Crippen LogP contribution is -2.26. The summed E-state index contributed by atoms with van der Waals surface area (Å²) < 4.78 is 7.40. The van der Waals surface area contributed by atoms with Crippen molar-refractivity contribution in [3.8, 4) is 44.5 Å². The van der Waals surface area contributed by atoms with Gasteiger partial charge in [-0.2, -0.15) is 0 Å². The second-order valence-corrected chi connectivity index (χ2v) is 23.3. The molecule has 0 saturated heterocycles. The Morgan fingerprint density at radius 2 is 0.756 bits per heavy atom. The molecule has 0 atom stereocenters. The van der Waals surface area contributed by atoms with E-state index >= 15 is 0 Å². The van der Waals surface area contributed by atoms with Crippen molar-refractivity contribution in [3.63, 3.8) is 0 Å².